The van der Waals surface area contributed by atoms with Crippen LogP contribution in [0.1, 0.15) is 86.5 Å². The van der Waals surface area contributed by atoms with Crippen molar-refractivity contribution < 1.29 is 30.3 Å². The van der Waals surface area contributed by atoms with E-state index in [0.29, 0.717) is 25.2 Å². The predicted molar refractivity (Wildman–Crippen MR) is 137 cm³/mol. The first-order valence-electron chi connectivity index (χ1n) is 14.2. The number of aliphatic carboxylic acids is 1. The number of allylic oxidation sites excluding steroid dienone is 2. The van der Waals surface area contributed by atoms with Gasteiger partial charge < -0.3 is 25.5 Å². The molecule has 0 heterocycles. The van der Waals surface area contributed by atoms with E-state index in [0.717, 1.165) is 25.7 Å². The minimum atomic E-state index is -1.08. The van der Waals surface area contributed by atoms with Crippen LogP contribution in [0.15, 0.2) is 11.6 Å². The fourth-order valence-corrected chi connectivity index (χ4v) is 11.2. The number of rotatable bonds is 2. The van der Waals surface area contributed by atoms with Gasteiger partial charge in [0.15, 0.2) is 0 Å². The van der Waals surface area contributed by atoms with Gasteiger partial charge in [-0.15, -0.1) is 0 Å². The Labute approximate surface area is 216 Å². The number of aliphatic hydroxyl groups excluding tert-OH is 4. The molecule has 0 aliphatic heterocycles. The molecule has 204 valence electrons. The second kappa shape index (κ2) is 8.03. The zero-order valence-corrected chi connectivity index (χ0v) is 23.0. The standard InChI is InChI=1S/C30H48O6/c1-16-9-10-30(25(35)36)12-11-28(5)18(22(30)17(16)2)7-8-21-26(3)13-20(33)24(34)27(4,15-31)23(26)19(32)14-29(21,28)6/h7,16-17,19-24,31-34H,8-15H2,1-6H3,(H,35,36)/t16-,17+,19-,20+,21-,22+,23?,24-,26+,27+,28-,29+,30+/m1/s1. The lowest BCUT2D eigenvalue weighted by Crippen LogP contribution is -2.71. The smallest absolute Gasteiger partial charge is 0.310 e. The van der Waals surface area contributed by atoms with E-state index in [1.54, 1.807) is 0 Å². The molecule has 5 aliphatic rings. The number of carboxylic acid groups (broad SMARTS) is 1. The number of hydrogen-bond donors (Lipinski definition) is 5. The van der Waals surface area contributed by atoms with E-state index in [9.17, 15) is 30.3 Å². The summed E-state index contributed by atoms with van der Waals surface area (Å²) in [5.41, 5.74) is -1.41. The average molecular weight is 505 g/mol. The molecule has 0 amide bonds. The van der Waals surface area contributed by atoms with E-state index in [1.165, 1.54) is 5.57 Å². The molecule has 5 rings (SSSR count). The molecule has 0 bridgehead atoms. The van der Waals surface area contributed by atoms with Crippen molar-refractivity contribution in [1.29, 1.82) is 0 Å². The summed E-state index contributed by atoms with van der Waals surface area (Å²) in [7, 11) is 0. The number of fused-ring (bicyclic) bond motifs is 7. The molecule has 36 heavy (non-hydrogen) atoms. The summed E-state index contributed by atoms with van der Waals surface area (Å²) >= 11 is 0. The van der Waals surface area contributed by atoms with Crippen LogP contribution in [-0.2, 0) is 4.79 Å². The van der Waals surface area contributed by atoms with Gasteiger partial charge in [0.2, 0.25) is 0 Å². The number of carboxylic acids is 1. The molecule has 5 N–H and O–H groups in total. The van der Waals surface area contributed by atoms with Crippen LogP contribution in [0.5, 0.6) is 0 Å². The van der Waals surface area contributed by atoms with Crippen molar-refractivity contribution in [2.24, 2.45) is 56.7 Å². The van der Waals surface area contributed by atoms with Crippen molar-refractivity contribution in [3.05, 3.63) is 11.6 Å². The van der Waals surface area contributed by atoms with Gasteiger partial charge in [-0.1, -0.05) is 53.2 Å². The Kier molecular flexibility index (Phi) is 5.95. The lowest BCUT2D eigenvalue weighted by Gasteiger charge is -2.72. The third-order valence-corrected chi connectivity index (χ3v) is 13.4. The molecule has 0 spiro atoms. The van der Waals surface area contributed by atoms with E-state index < -0.39 is 40.5 Å². The fraction of sp³-hybridized carbons (Fsp3) is 0.900. The van der Waals surface area contributed by atoms with Gasteiger partial charge in [0.25, 0.3) is 0 Å². The second-order valence-electron chi connectivity index (χ2n) is 14.6. The van der Waals surface area contributed by atoms with Crippen molar-refractivity contribution in [3.63, 3.8) is 0 Å². The van der Waals surface area contributed by atoms with Crippen LogP contribution in [-0.4, -0.2) is 56.4 Å². The number of hydrogen-bond acceptors (Lipinski definition) is 5. The Hall–Kier alpha value is -0.950. The van der Waals surface area contributed by atoms with Crippen molar-refractivity contribution in [2.75, 3.05) is 6.61 Å². The summed E-state index contributed by atoms with van der Waals surface area (Å²) in [6.45, 7) is 12.8. The zero-order valence-electron chi connectivity index (χ0n) is 23.0. The third kappa shape index (κ3) is 2.96. The van der Waals surface area contributed by atoms with Crippen LogP contribution in [0.3, 0.4) is 0 Å². The molecule has 5 aliphatic carbocycles. The first-order valence-corrected chi connectivity index (χ1v) is 14.2. The molecule has 1 unspecified atom stereocenters. The molecule has 0 aromatic rings. The minimum Gasteiger partial charge on any atom is -0.481 e. The van der Waals surface area contributed by atoms with E-state index in [2.05, 4.69) is 40.7 Å². The Morgan fingerprint density at radius 1 is 1.00 bits per heavy atom. The molecule has 0 saturated heterocycles. The normalized spacial score (nSPS) is 58.6. The van der Waals surface area contributed by atoms with Crippen LogP contribution < -0.4 is 0 Å². The predicted octanol–water partition coefficient (Wildman–Crippen LogP) is 4.00. The van der Waals surface area contributed by atoms with Crippen molar-refractivity contribution in [3.8, 4) is 0 Å². The fourth-order valence-electron chi connectivity index (χ4n) is 11.2. The number of aliphatic hydroxyl groups is 4. The van der Waals surface area contributed by atoms with Crippen LogP contribution in [0, 0.1) is 56.7 Å². The van der Waals surface area contributed by atoms with E-state index in [1.807, 2.05) is 6.92 Å². The molecule has 0 aromatic carbocycles. The Bertz CT molecular complexity index is 963. The summed E-state index contributed by atoms with van der Waals surface area (Å²) in [4.78, 5) is 12.8. The van der Waals surface area contributed by atoms with E-state index in [-0.39, 0.29) is 41.1 Å². The monoisotopic (exact) mass is 504 g/mol. The SMILES string of the molecule is C[C@H]1[C@H](C)CC[C@]2(C(=O)O)CC[C@]3(C)C(=CC[C@H]4[C@]3(C)C[C@@H](O)C3[C@](C)(CO)[C@H](O)[C@@H](O)C[C@]34C)[C@H]12. The molecule has 13 atom stereocenters. The highest BCUT2D eigenvalue weighted by Gasteiger charge is 2.72. The minimum absolute atomic E-state index is 0.000534. The Balaban J connectivity index is 1.65. The summed E-state index contributed by atoms with van der Waals surface area (Å²) in [5.74, 6) is -0.0914. The first kappa shape index (κ1) is 26.6. The molecule has 4 saturated carbocycles. The number of carbonyl (C=O) groups is 1. The lowest BCUT2D eigenvalue weighted by molar-refractivity contribution is -0.273. The van der Waals surface area contributed by atoms with Gasteiger partial charge in [0.05, 0.1) is 30.3 Å². The zero-order chi connectivity index (χ0) is 26.6. The van der Waals surface area contributed by atoms with Gasteiger partial charge in [-0.25, -0.2) is 0 Å². The first-order chi connectivity index (χ1) is 16.6. The molecule has 4 fully saturated rings. The summed E-state index contributed by atoms with van der Waals surface area (Å²) in [5, 5.41) is 54.7. The molecular weight excluding hydrogens is 456 g/mol. The topological polar surface area (TPSA) is 118 Å². The van der Waals surface area contributed by atoms with Crippen LogP contribution in [0.4, 0.5) is 0 Å². The maximum Gasteiger partial charge on any atom is 0.310 e. The summed E-state index contributed by atoms with van der Waals surface area (Å²) in [6, 6.07) is 0. The van der Waals surface area contributed by atoms with Gasteiger partial charge in [-0.2, -0.15) is 0 Å². The average Bonchev–Trinajstić information content (AvgIpc) is 2.80. The summed E-state index contributed by atoms with van der Waals surface area (Å²) < 4.78 is 0. The van der Waals surface area contributed by atoms with Crippen molar-refractivity contribution in [2.45, 2.75) is 105 Å². The third-order valence-electron chi connectivity index (χ3n) is 13.4. The van der Waals surface area contributed by atoms with Gasteiger partial charge >= 0.3 is 5.97 Å². The van der Waals surface area contributed by atoms with Crippen LogP contribution in [0.2, 0.25) is 0 Å². The molecule has 0 radical (unpaired) electrons. The highest BCUT2D eigenvalue weighted by atomic mass is 16.4. The van der Waals surface area contributed by atoms with E-state index in [4.69, 9.17) is 0 Å². The van der Waals surface area contributed by atoms with Gasteiger partial charge in [0, 0.05) is 11.3 Å². The highest BCUT2D eigenvalue weighted by Crippen LogP contribution is 2.75. The molecular formula is C30H48O6. The van der Waals surface area contributed by atoms with Gasteiger partial charge in [-0.3, -0.25) is 4.79 Å². The Morgan fingerprint density at radius 3 is 2.28 bits per heavy atom. The highest BCUT2D eigenvalue weighted by molar-refractivity contribution is 5.76. The molecule has 0 aromatic heterocycles. The molecule has 6 nitrogen and oxygen atoms in total. The maximum atomic E-state index is 12.8. The lowest BCUT2D eigenvalue weighted by atomic mass is 9.32. The maximum absolute atomic E-state index is 12.8. The molecule has 6 heteroatoms. The van der Waals surface area contributed by atoms with E-state index >= 15 is 0 Å². The van der Waals surface area contributed by atoms with Crippen LogP contribution >= 0.6 is 0 Å². The van der Waals surface area contributed by atoms with Crippen molar-refractivity contribution >= 4 is 5.97 Å². The largest absolute Gasteiger partial charge is 0.481 e. The second-order valence-corrected chi connectivity index (χ2v) is 14.6. The van der Waals surface area contributed by atoms with Gasteiger partial charge in [0.1, 0.15) is 0 Å². The van der Waals surface area contributed by atoms with Crippen LogP contribution in [0.25, 0.3) is 0 Å². The summed E-state index contributed by atoms with van der Waals surface area (Å²) in [6.07, 6.45) is 4.44. The quantitative estimate of drug-likeness (QED) is 0.363. The van der Waals surface area contributed by atoms with Crippen molar-refractivity contribution in [1.82, 2.24) is 0 Å². The van der Waals surface area contributed by atoms with Gasteiger partial charge in [-0.05, 0) is 84.9 Å². The Morgan fingerprint density at radius 2 is 1.67 bits per heavy atom.